The number of ketones is 2. The summed E-state index contributed by atoms with van der Waals surface area (Å²) in [7, 11) is 1.42. The van der Waals surface area contributed by atoms with Gasteiger partial charge in [-0.05, 0) is 64.2 Å². The number of para-hydroxylation sites is 2. The molecule has 1 aliphatic carbocycles. The van der Waals surface area contributed by atoms with Crippen molar-refractivity contribution in [1.29, 1.82) is 0 Å². The van der Waals surface area contributed by atoms with Crippen LogP contribution in [0.25, 0.3) is 0 Å². The van der Waals surface area contributed by atoms with E-state index in [-0.39, 0.29) is 56.9 Å². The summed E-state index contributed by atoms with van der Waals surface area (Å²) in [6, 6.07) is 16.7. The van der Waals surface area contributed by atoms with Crippen LogP contribution in [0.3, 0.4) is 0 Å². The number of fused-ring (bicyclic) bond motifs is 2. The molecule has 1 saturated carbocycles. The minimum absolute atomic E-state index is 0. The second-order valence-corrected chi connectivity index (χ2v) is 15.0. The molecule has 2 heterocycles. The smallest absolute Gasteiger partial charge is 0.305 e. The van der Waals surface area contributed by atoms with Crippen molar-refractivity contribution in [3.05, 3.63) is 83.1 Å². The van der Waals surface area contributed by atoms with Crippen molar-refractivity contribution in [3.8, 4) is 0 Å². The molecule has 3 aliphatic rings. The summed E-state index contributed by atoms with van der Waals surface area (Å²) >= 11 is 0. The van der Waals surface area contributed by atoms with Crippen LogP contribution in [0.15, 0.2) is 72.0 Å². The lowest BCUT2D eigenvalue weighted by atomic mass is 9.72. The molecule has 0 radical (unpaired) electrons. The third-order valence-corrected chi connectivity index (χ3v) is 10.9. The van der Waals surface area contributed by atoms with E-state index in [9.17, 15) is 19.2 Å². The topological polar surface area (TPSA) is 93.0 Å². The summed E-state index contributed by atoms with van der Waals surface area (Å²) in [6.07, 6.45) is 11.9. The number of hydrogen-bond acceptors (Lipinski definition) is 7. The molecule has 0 amide bonds. The van der Waals surface area contributed by atoms with Crippen molar-refractivity contribution in [3.63, 3.8) is 0 Å². The Morgan fingerprint density at radius 3 is 2.06 bits per heavy atom. The highest BCUT2D eigenvalue weighted by Crippen LogP contribution is 2.49. The molecule has 0 N–H and O–H groups in total. The maximum absolute atomic E-state index is 13.9. The van der Waals surface area contributed by atoms with Crippen LogP contribution in [-0.4, -0.2) is 60.6 Å². The standard InChI is InChI=1S/C43H55N2O6.BrH/c1-7-51-39(47)25-13-9-11-19-27-45-35-23-17-15-21-33(35)43(4,5)37(45)29-31-40(48)30(41(31)49)28-36-42(2,3)32-20-14-16-22-34(32)44(36)26-18-10-8-12-24-38(46)50-6;/h14-17,20-23,28-29,31H,7-13,18-19,24-27H2,1-6H3;1H/q+1;/p-1/b30-28?,37-29-;. The van der Waals surface area contributed by atoms with Gasteiger partial charge < -0.3 is 31.4 Å². The minimum Gasteiger partial charge on any atom is -1.00 e. The number of anilines is 1. The van der Waals surface area contributed by atoms with Gasteiger partial charge in [-0.3, -0.25) is 19.2 Å². The Kier molecular flexibility index (Phi) is 14.0. The number of benzene rings is 2. The van der Waals surface area contributed by atoms with Crippen LogP contribution in [-0.2, 0) is 39.5 Å². The molecule has 1 fully saturated rings. The van der Waals surface area contributed by atoms with E-state index in [0.29, 0.717) is 19.4 Å². The molecule has 2 aliphatic heterocycles. The van der Waals surface area contributed by atoms with Gasteiger partial charge in [-0.15, -0.1) is 0 Å². The van der Waals surface area contributed by atoms with Crippen molar-refractivity contribution in [2.24, 2.45) is 5.92 Å². The molecule has 0 unspecified atom stereocenters. The molecule has 280 valence electrons. The highest BCUT2D eigenvalue weighted by Gasteiger charge is 2.50. The summed E-state index contributed by atoms with van der Waals surface area (Å²) in [4.78, 5) is 53.4. The van der Waals surface area contributed by atoms with Crippen LogP contribution in [0.5, 0.6) is 0 Å². The molecule has 0 atom stereocenters. The number of rotatable bonds is 17. The molecule has 0 aromatic heterocycles. The third-order valence-electron chi connectivity index (χ3n) is 10.9. The Bertz CT molecular complexity index is 1730. The van der Waals surface area contributed by atoms with Crippen LogP contribution in [0, 0.1) is 5.92 Å². The molecule has 5 rings (SSSR count). The van der Waals surface area contributed by atoms with Gasteiger partial charge in [-0.25, -0.2) is 0 Å². The van der Waals surface area contributed by atoms with Gasteiger partial charge in [-0.1, -0.05) is 69.5 Å². The summed E-state index contributed by atoms with van der Waals surface area (Å²) < 4.78 is 12.1. The molecular formula is C43H55BrN2O6. The van der Waals surface area contributed by atoms with Crippen LogP contribution in [0.1, 0.15) is 110 Å². The largest absolute Gasteiger partial charge is 1.00 e. The highest BCUT2D eigenvalue weighted by molar-refractivity contribution is 6.41. The van der Waals surface area contributed by atoms with Gasteiger partial charge in [0.25, 0.3) is 0 Å². The summed E-state index contributed by atoms with van der Waals surface area (Å²) in [5.74, 6) is -1.37. The van der Waals surface area contributed by atoms with Crippen molar-refractivity contribution in [1.82, 2.24) is 0 Å². The van der Waals surface area contributed by atoms with Crippen molar-refractivity contribution >= 4 is 40.6 Å². The highest BCUT2D eigenvalue weighted by atomic mass is 79.9. The fourth-order valence-electron chi connectivity index (χ4n) is 7.93. The Hall–Kier alpha value is -3.85. The Labute approximate surface area is 320 Å². The lowest BCUT2D eigenvalue weighted by molar-refractivity contribution is -0.438. The number of carbonyl (C=O) groups is 4. The van der Waals surface area contributed by atoms with E-state index < -0.39 is 5.92 Å². The molecule has 0 saturated heterocycles. The van der Waals surface area contributed by atoms with E-state index in [1.54, 1.807) is 0 Å². The van der Waals surface area contributed by atoms with Crippen LogP contribution < -0.4 is 21.9 Å². The number of esters is 2. The van der Waals surface area contributed by atoms with Gasteiger partial charge in [-0.2, -0.15) is 4.58 Å². The van der Waals surface area contributed by atoms with Gasteiger partial charge in [0, 0.05) is 60.3 Å². The van der Waals surface area contributed by atoms with E-state index in [2.05, 4.69) is 61.4 Å². The Morgan fingerprint density at radius 1 is 0.788 bits per heavy atom. The monoisotopic (exact) mass is 774 g/mol. The molecular weight excluding hydrogens is 720 g/mol. The fraction of sp³-hybridized carbons (Fsp3) is 0.512. The Morgan fingerprint density at radius 2 is 1.38 bits per heavy atom. The number of Topliss-reactive ketones (excluding diaryl/α,β-unsaturated/α-hetero) is 2. The molecule has 9 heteroatoms. The number of unbranched alkanes of at least 4 members (excludes halogenated alkanes) is 6. The van der Waals surface area contributed by atoms with Crippen LogP contribution >= 0.6 is 0 Å². The predicted octanol–water partition coefficient (Wildman–Crippen LogP) is 5.08. The van der Waals surface area contributed by atoms with E-state index in [1.165, 1.54) is 18.2 Å². The van der Waals surface area contributed by atoms with Crippen molar-refractivity contribution < 1.29 is 50.2 Å². The van der Waals surface area contributed by atoms with Crippen LogP contribution in [0.2, 0.25) is 0 Å². The number of methoxy groups -OCH3 is 1. The van der Waals surface area contributed by atoms with E-state index in [4.69, 9.17) is 9.47 Å². The molecule has 2 aromatic rings. The first-order valence-corrected chi connectivity index (χ1v) is 18.8. The predicted molar refractivity (Wildman–Crippen MR) is 201 cm³/mol. The number of allylic oxidation sites excluding steroid dienone is 4. The SMILES string of the molecule is CCOC(=O)CCCCCCN1/C(=C\C2C(=O)C(=CC3=[N+](CCCCCCC(=O)OC)c4ccccc4C3(C)C)C2=O)C(C)(C)c2ccccc21.[Br-]. The average molecular weight is 776 g/mol. The first-order chi connectivity index (χ1) is 24.4. The molecule has 52 heavy (non-hydrogen) atoms. The zero-order valence-electron chi connectivity index (χ0n) is 31.8. The van der Waals surface area contributed by atoms with Crippen molar-refractivity contribution in [2.45, 2.75) is 110 Å². The first-order valence-electron chi connectivity index (χ1n) is 18.8. The van der Waals surface area contributed by atoms with Gasteiger partial charge in [0.15, 0.2) is 17.3 Å². The quantitative estimate of drug-likeness (QED) is 0.0553. The Balaban J connectivity index is 0.00000605. The summed E-state index contributed by atoms with van der Waals surface area (Å²) in [5.41, 5.74) is 6.12. The van der Waals surface area contributed by atoms with E-state index in [0.717, 1.165) is 87.2 Å². The first kappa shape index (κ1) is 40.9. The number of hydrogen-bond donors (Lipinski definition) is 0. The normalized spacial score (nSPS) is 18.9. The van der Waals surface area contributed by atoms with Gasteiger partial charge >= 0.3 is 11.9 Å². The third kappa shape index (κ3) is 8.51. The molecule has 0 spiro atoms. The second-order valence-electron chi connectivity index (χ2n) is 15.0. The number of carbonyl (C=O) groups excluding carboxylic acids is 4. The minimum atomic E-state index is -0.803. The van der Waals surface area contributed by atoms with E-state index in [1.807, 2.05) is 43.3 Å². The van der Waals surface area contributed by atoms with Gasteiger partial charge in [0.2, 0.25) is 5.69 Å². The lowest BCUT2D eigenvalue weighted by Gasteiger charge is -2.31. The lowest BCUT2D eigenvalue weighted by Crippen LogP contribution is -3.00. The zero-order chi connectivity index (χ0) is 36.8. The summed E-state index contributed by atoms with van der Waals surface area (Å²) in [5, 5.41) is 0. The van der Waals surface area contributed by atoms with E-state index >= 15 is 0 Å². The number of halogens is 1. The average Bonchev–Trinajstić information content (AvgIpc) is 3.46. The van der Waals surface area contributed by atoms with Crippen molar-refractivity contribution in [2.75, 3.05) is 31.7 Å². The van der Waals surface area contributed by atoms with Crippen LogP contribution in [0.4, 0.5) is 11.4 Å². The second kappa shape index (κ2) is 17.8. The fourth-order valence-corrected chi connectivity index (χ4v) is 7.93. The summed E-state index contributed by atoms with van der Waals surface area (Å²) in [6.45, 7) is 12.4. The number of ether oxygens (including phenoxy) is 2. The molecule has 2 aromatic carbocycles. The molecule has 8 nitrogen and oxygen atoms in total. The maximum atomic E-state index is 13.9. The number of nitrogens with zero attached hydrogens (tertiary/aromatic N) is 2. The molecule has 0 bridgehead atoms. The maximum Gasteiger partial charge on any atom is 0.305 e. The van der Waals surface area contributed by atoms with Gasteiger partial charge in [0.1, 0.15) is 12.5 Å². The van der Waals surface area contributed by atoms with Gasteiger partial charge in [0.05, 0.1) is 24.7 Å². The zero-order valence-corrected chi connectivity index (χ0v) is 33.4.